The Morgan fingerprint density at radius 1 is 1.08 bits per heavy atom. The number of ketones is 1. The first kappa shape index (κ1) is 35.7. The minimum absolute atomic E-state index is 0.0679. The van der Waals surface area contributed by atoms with Gasteiger partial charge in [0.05, 0.1) is 22.1 Å². The minimum Gasteiger partial charge on any atom is -0.363 e. The van der Waals surface area contributed by atoms with Crippen molar-refractivity contribution in [2.75, 3.05) is 12.3 Å². The van der Waals surface area contributed by atoms with Gasteiger partial charge in [-0.2, -0.15) is 0 Å². The van der Waals surface area contributed by atoms with Gasteiger partial charge in [-0.15, -0.1) is 0 Å². The third kappa shape index (κ3) is 7.50. The molecule has 6 atom stereocenters. The Balaban J connectivity index is 1.33. The molecule has 1 saturated heterocycles. The van der Waals surface area contributed by atoms with E-state index in [2.05, 4.69) is 34.8 Å². The second-order valence-electron chi connectivity index (χ2n) is 15.7. The number of piperidine rings is 1. The summed E-state index contributed by atoms with van der Waals surface area (Å²) in [5.74, 6) is -2.75. The molecule has 2 saturated carbocycles. The molecule has 2 heterocycles. The van der Waals surface area contributed by atoms with E-state index in [1.807, 2.05) is 26.8 Å². The van der Waals surface area contributed by atoms with Crippen LogP contribution in [-0.2, 0) is 30.0 Å². The summed E-state index contributed by atoms with van der Waals surface area (Å²) in [6.07, 6.45) is 9.51. The summed E-state index contributed by atoms with van der Waals surface area (Å²) in [4.78, 5) is 72.5. The lowest BCUT2D eigenvalue weighted by Crippen LogP contribution is -2.63. The van der Waals surface area contributed by atoms with Crippen LogP contribution in [-0.4, -0.2) is 79.6 Å². The van der Waals surface area contributed by atoms with Gasteiger partial charge in [-0.25, -0.2) is 9.78 Å². The highest BCUT2D eigenvalue weighted by Crippen LogP contribution is 2.65. The van der Waals surface area contributed by atoms with Crippen molar-refractivity contribution in [3.63, 3.8) is 0 Å². The quantitative estimate of drug-likeness (QED) is 0.193. The van der Waals surface area contributed by atoms with Crippen LogP contribution in [0.1, 0.15) is 86.0 Å². The number of carbonyl (C=O) groups is 5. The number of likely N-dealkylation sites (tertiary alicyclic amines) is 1. The maximum Gasteiger partial charge on any atom is 0.315 e. The van der Waals surface area contributed by atoms with Crippen LogP contribution in [0, 0.1) is 22.7 Å². The third-order valence-electron chi connectivity index (χ3n) is 10.9. The fourth-order valence-corrected chi connectivity index (χ4v) is 9.23. The Morgan fingerprint density at radius 3 is 2.33 bits per heavy atom. The van der Waals surface area contributed by atoms with Crippen LogP contribution < -0.4 is 21.7 Å². The number of Topliss-reactive ketones (excluding diaryl/α,β-unsaturated/α-hetero) is 1. The molecule has 1 aromatic heterocycles. The number of nitrogens with two attached hydrogens (primary N) is 1. The van der Waals surface area contributed by atoms with Crippen molar-refractivity contribution in [1.29, 1.82) is 0 Å². The molecule has 0 bridgehead atoms. The first-order chi connectivity index (χ1) is 22.5. The summed E-state index contributed by atoms with van der Waals surface area (Å²) in [5, 5.41) is 9.28. The molecule has 5 amide bonds. The molecule has 13 heteroatoms. The third-order valence-corrected chi connectivity index (χ3v) is 12.4. The predicted molar refractivity (Wildman–Crippen MR) is 181 cm³/mol. The van der Waals surface area contributed by atoms with Crippen LogP contribution in [0.2, 0.25) is 0 Å². The molecule has 0 spiro atoms. The van der Waals surface area contributed by atoms with Crippen molar-refractivity contribution in [3.8, 4) is 0 Å². The molecule has 4 aliphatic rings. The van der Waals surface area contributed by atoms with Crippen LogP contribution in [0.25, 0.3) is 0 Å². The molecular weight excluding hydrogens is 632 g/mol. The first-order valence-electron chi connectivity index (χ1n) is 17.0. The number of primary amides is 1. The van der Waals surface area contributed by atoms with E-state index in [0.29, 0.717) is 24.4 Å². The Morgan fingerprint density at radius 2 is 1.77 bits per heavy atom. The number of allylic oxidation sites excluding steroid dienone is 1. The molecule has 3 fully saturated rings. The van der Waals surface area contributed by atoms with E-state index in [-0.39, 0.29) is 29.4 Å². The normalized spacial score (nSPS) is 25.6. The summed E-state index contributed by atoms with van der Waals surface area (Å²) in [5.41, 5.74) is 4.65. The van der Waals surface area contributed by atoms with Gasteiger partial charge in [0, 0.05) is 12.7 Å². The van der Waals surface area contributed by atoms with E-state index >= 15 is 0 Å². The second kappa shape index (κ2) is 13.7. The van der Waals surface area contributed by atoms with Crippen LogP contribution in [0.3, 0.4) is 0 Å². The van der Waals surface area contributed by atoms with Crippen molar-refractivity contribution >= 4 is 40.3 Å². The van der Waals surface area contributed by atoms with Gasteiger partial charge in [0.15, 0.2) is 0 Å². The zero-order valence-corrected chi connectivity index (χ0v) is 29.5. The topological polar surface area (TPSA) is 181 Å². The standard InChI is InChI=1S/C35H50N6O6S/c1-33(2,3)28(39-32(46)40-35(15-8-6-9-16-35)20-48(47)24-14-7-10-17-37-24)31(45)41-19-22-25(34(22,4)5)26(41)30(44)38-23(27(42)29(36)43)18-21-12-11-13-21/h7,10,12,14,17,22-23,25-26,28H,6,8-9,11,13,15-16,18-20H2,1-5H3,(H2,36,43)(H,38,44)(H2,39,40,46)/t22?,23?,25?,26-,28+,48?/m0/s1. The first-order valence-corrected chi connectivity index (χ1v) is 18.4. The summed E-state index contributed by atoms with van der Waals surface area (Å²) >= 11 is 0. The predicted octanol–water partition coefficient (Wildman–Crippen LogP) is 2.74. The lowest BCUT2D eigenvalue weighted by molar-refractivity contribution is -0.145. The number of hydrogen-bond acceptors (Lipinski definition) is 7. The number of nitrogens with one attached hydrogen (secondary N) is 3. The Hall–Kier alpha value is -3.61. The van der Waals surface area contributed by atoms with E-state index in [0.717, 1.165) is 37.7 Å². The van der Waals surface area contributed by atoms with Gasteiger partial charge >= 0.3 is 6.03 Å². The molecule has 0 aromatic carbocycles. The molecule has 3 aliphatic carbocycles. The van der Waals surface area contributed by atoms with Crippen LogP contribution >= 0.6 is 0 Å². The zero-order chi connectivity index (χ0) is 35.0. The number of fused-ring (bicyclic) bond motifs is 1. The van der Waals surface area contributed by atoms with Crippen molar-refractivity contribution in [2.45, 2.75) is 115 Å². The Kier molecular flexibility index (Phi) is 10.2. The van der Waals surface area contributed by atoms with Crippen molar-refractivity contribution in [3.05, 3.63) is 36.0 Å². The maximum atomic E-state index is 14.4. The zero-order valence-electron chi connectivity index (χ0n) is 28.7. The van der Waals surface area contributed by atoms with E-state index in [1.54, 1.807) is 24.4 Å². The lowest BCUT2D eigenvalue weighted by Gasteiger charge is -2.40. The SMILES string of the molecule is CC1(C)C2CN(C(=O)[C@@H](NC(=O)NC3(CS(=O)c4ccccn4)CCCCC3)C(C)(C)C)[C@H](C(=O)NC(CC3=CCC3)C(=O)C(N)=O)C21. The van der Waals surface area contributed by atoms with Gasteiger partial charge < -0.3 is 26.6 Å². The molecule has 48 heavy (non-hydrogen) atoms. The maximum absolute atomic E-state index is 14.4. The molecule has 5 rings (SSSR count). The Bertz CT molecular complexity index is 1500. The summed E-state index contributed by atoms with van der Waals surface area (Å²) < 4.78 is 13.3. The molecule has 262 valence electrons. The number of nitrogens with zero attached hydrogens (tertiary/aromatic N) is 2. The monoisotopic (exact) mass is 682 g/mol. The minimum atomic E-state index is -1.44. The number of pyridine rings is 1. The molecule has 1 aliphatic heterocycles. The molecule has 12 nitrogen and oxygen atoms in total. The number of aromatic nitrogens is 1. The van der Waals surface area contributed by atoms with E-state index < -0.39 is 69.4 Å². The number of carbonyl (C=O) groups excluding carboxylic acids is 5. The largest absolute Gasteiger partial charge is 0.363 e. The van der Waals surface area contributed by atoms with Gasteiger partial charge in [0.25, 0.3) is 5.91 Å². The highest BCUT2D eigenvalue weighted by Gasteiger charge is 2.70. The Labute approximate surface area is 285 Å². The second-order valence-corrected chi connectivity index (χ2v) is 17.1. The van der Waals surface area contributed by atoms with E-state index in [9.17, 15) is 28.2 Å². The number of urea groups is 1. The highest BCUT2D eigenvalue weighted by atomic mass is 32.2. The van der Waals surface area contributed by atoms with Gasteiger partial charge in [0.2, 0.25) is 17.6 Å². The summed E-state index contributed by atoms with van der Waals surface area (Å²) in [6.45, 7) is 10.0. The summed E-state index contributed by atoms with van der Waals surface area (Å²) in [6, 6.07) is 1.75. The number of rotatable bonds is 12. The van der Waals surface area contributed by atoms with Crippen molar-refractivity contribution < 1.29 is 28.2 Å². The van der Waals surface area contributed by atoms with Gasteiger partial charge in [-0.05, 0) is 66.9 Å². The van der Waals surface area contributed by atoms with Gasteiger partial charge in [0.1, 0.15) is 23.2 Å². The molecule has 4 unspecified atom stereocenters. The fourth-order valence-electron chi connectivity index (χ4n) is 7.81. The smallest absolute Gasteiger partial charge is 0.315 e. The van der Waals surface area contributed by atoms with Crippen molar-refractivity contribution in [2.24, 2.45) is 28.4 Å². The number of hydrogen-bond donors (Lipinski definition) is 4. The van der Waals surface area contributed by atoms with E-state index in [4.69, 9.17) is 5.73 Å². The van der Waals surface area contributed by atoms with Crippen LogP contribution in [0.15, 0.2) is 41.1 Å². The molecule has 0 radical (unpaired) electrons. The fraction of sp³-hybridized carbons (Fsp3) is 0.657. The highest BCUT2D eigenvalue weighted by molar-refractivity contribution is 7.85. The lowest BCUT2D eigenvalue weighted by atomic mass is 9.83. The molecule has 1 aromatic rings. The average molecular weight is 683 g/mol. The van der Waals surface area contributed by atoms with E-state index in [1.165, 1.54) is 4.90 Å². The van der Waals surface area contributed by atoms with Gasteiger partial charge in [-0.1, -0.05) is 71.6 Å². The van der Waals surface area contributed by atoms with Crippen LogP contribution in [0.4, 0.5) is 4.79 Å². The van der Waals surface area contributed by atoms with Crippen LogP contribution in [0.5, 0.6) is 0 Å². The summed E-state index contributed by atoms with van der Waals surface area (Å²) in [7, 11) is -1.44. The molecule has 5 N–H and O–H groups in total. The number of amides is 5. The average Bonchev–Trinajstić information content (AvgIpc) is 3.32. The molecular formula is C35H50N6O6S. The van der Waals surface area contributed by atoms with Crippen molar-refractivity contribution in [1.82, 2.24) is 25.8 Å². The van der Waals surface area contributed by atoms with Gasteiger partial charge in [-0.3, -0.25) is 23.4 Å².